The molecule has 0 bridgehead atoms. The van der Waals surface area contributed by atoms with Crippen LogP contribution in [0.4, 0.5) is 0 Å². The van der Waals surface area contributed by atoms with Crippen molar-refractivity contribution in [3.05, 3.63) is 35.5 Å². The van der Waals surface area contributed by atoms with E-state index in [1.807, 2.05) is 13.8 Å². The average molecular weight is 522 g/mol. The summed E-state index contributed by atoms with van der Waals surface area (Å²) in [6, 6.07) is 0. The van der Waals surface area contributed by atoms with Gasteiger partial charge in [-0.25, -0.2) is 0 Å². The SMILES string of the molecule is C=C1CC[C@@H](OC(=O)CBr)C/C1=C/C=C1/CCC[C@]2(C)[C@@H]([C@H](C)CCCC(C)(C)O)CC[C@@H]12. The lowest BCUT2D eigenvalue weighted by molar-refractivity contribution is -0.146. The van der Waals surface area contributed by atoms with Crippen LogP contribution in [-0.2, 0) is 9.53 Å². The van der Waals surface area contributed by atoms with Gasteiger partial charge < -0.3 is 9.84 Å². The van der Waals surface area contributed by atoms with E-state index in [1.54, 1.807) is 5.57 Å². The Labute approximate surface area is 210 Å². The van der Waals surface area contributed by atoms with Gasteiger partial charge in [0.1, 0.15) is 11.4 Å². The fraction of sp³-hybridized carbons (Fsp3) is 0.759. The smallest absolute Gasteiger partial charge is 0.316 e. The maximum Gasteiger partial charge on any atom is 0.316 e. The highest BCUT2D eigenvalue weighted by molar-refractivity contribution is 9.09. The van der Waals surface area contributed by atoms with Crippen molar-refractivity contribution in [2.45, 2.75) is 110 Å². The van der Waals surface area contributed by atoms with Crippen LogP contribution in [0.1, 0.15) is 98.3 Å². The number of ether oxygens (including phenoxy) is 1. The summed E-state index contributed by atoms with van der Waals surface area (Å²) in [6.45, 7) is 13.1. The molecule has 5 atom stereocenters. The van der Waals surface area contributed by atoms with Gasteiger partial charge in [-0.1, -0.05) is 72.5 Å². The van der Waals surface area contributed by atoms with Crippen molar-refractivity contribution in [2.75, 3.05) is 5.33 Å². The van der Waals surface area contributed by atoms with Crippen molar-refractivity contribution in [3.8, 4) is 0 Å². The lowest BCUT2D eigenvalue weighted by atomic mass is 9.60. The predicted molar refractivity (Wildman–Crippen MR) is 140 cm³/mol. The van der Waals surface area contributed by atoms with Crippen molar-refractivity contribution in [1.29, 1.82) is 0 Å². The van der Waals surface area contributed by atoms with Crippen molar-refractivity contribution in [3.63, 3.8) is 0 Å². The van der Waals surface area contributed by atoms with E-state index in [0.717, 1.165) is 38.0 Å². The Morgan fingerprint density at radius 3 is 2.76 bits per heavy atom. The van der Waals surface area contributed by atoms with Gasteiger partial charge in [-0.05, 0) is 94.0 Å². The molecule has 4 heteroatoms. The first kappa shape index (κ1) is 26.7. The van der Waals surface area contributed by atoms with Crippen LogP contribution in [0.2, 0.25) is 0 Å². The zero-order chi connectivity index (χ0) is 24.2. The number of fused-ring (bicyclic) bond motifs is 1. The van der Waals surface area contributed by atoms with Crippen LogP contribution in [0.3, 0.4) is 0 Å². The Kier molecular flexibility index (Phi) is 9.11. The van der Waals surface area contributed by atoms with Crippen LogP contribution >= 0.6 is 15.9 Å². The normalized spacial score (nSPS) is 33.9. The molecular weight excluding hydrogens is 476 g/mol. The number of alkyl halides is 1. The molecule has 0 radical (unpaired) electrons. The maximum absolute atomic E-state index is 11.7. The van der Waals surface area contributed by atoms with E-state index in [1.165, 1.54) is 49.7 Å². The summed E-state index contributed by atoms with van der Waals surface area (Å²) in [5, 5.41) is 10.3. The largest absolute Gasteiger partial charge is 0.461 e. The second-order valence-corrected chi connectivity index (χ2v) is 12.4. The van der Waals surface area contributed by atoms with Crippen LogP contribution in [0.5, 0.6) is 0 Å². The minimum absolute atomic E-state index is 0.0255. The number of esters is 1. The number of hydrogen-bond acceptors (Lipinski definition) is 3. The fourth-order valence-electron chi connectivity index (χ4n) is 6.97. The minimum atomic E-state index is -0.551. The average Bonchev–Trinajstić information content (AvgIpc) is 3.10. The Hall–Kier alpha value is -0.870. The van der Waals surface area contributed by atoms with E-state index < -0.39 is 5.60 Å². The lowest BCUT2D eigenvalue weighted by Crippen LogP contribution is -2.36. The van der Waals surface area contributed by atoms with Gasteiger partial charge in [-0.2, -0.15) is 0 Å². The van der Waals surface area contributed by atoms with Gasteiger partial charge in [0.15, 0.2) is 0 Å². The van der Waals surface area contributed by atoms with E-state index in [2.05, 4.69) is 48.5 Å². The molecule has 0 aromatic heterocycles. The number of rotatable bonds is 8. The summed E-state index contributed by atoms with van der Waals surface area (Å²) in [6.07, 6.45) is 16.9. The molecule has 0 unspecified atom stereocenters. The Morgan fingerprint density at radius 1 is 1.30 bits per heavy atom. The second kappa shape index (κ2) is 11.2. The molecule has 0 heterocycles. The molecule has 0 aliphatic heterocycles. The summed E-state index contributed by atoms with van der Waals surface area (Å²) in [5.41, 5.74) is 3.91. The summed E-state index contributed by atoms with van der Waals surface area (Å²) >= 11 is 3.19. The molecule has 3 aliphatic rings. The zero-order valence-corrected chi connectivity index (χ0v) is 22.9. The van der Waals surface area contributed by atoms with E-state index in [4.69, 9.17) is 4.74 Å². The van der Waals surface area contributed by atoms with Crippen LogP contribution in [0, 0.1) is 23.2 Å². The quantitative estimate of drug-likeness (QED) is 0.263. The minimum Gasteiger partial charge on any atom is -0.461 e. The van der Waals surface area contributed by atoms with Crippen LogP contribution in [0.15, 0.2) is 35.5 Å². The molecule has 3 aliphatic carbocycles. The van der Waals surface area contributed by atoms with Crippen molar-refractivity contribution in [1.82, 2.24) is 0 Å². The molecule has 33 heavy (non-hydrogen) atoms. The van der Waals surface area contributed by atoms with Crippen LogP contribution in [0.25, 0.3) is 0 Å². The third kappa shape index (κ3) is 6.84. The van der Waals surface area contributed by atoms with Gasteiger partial charge in [0.25, 0.3) is 0 Å². The third-order valence-corrected chi connectivity index (χ3v) is 9.21. The van der Waals surface area contributed by atoms with Gasteiger partial charge >= 0.3 is 5.97 Å². The number of halogens is 1. The molecule has 0 saturated heterocycles. The van der Waals surface area contributed by atoms with E-state index in [0.29, 0.717) is 17.3 Å². The van der Waals surface area contributed by atoms with E-state index >= 15 is 0 Å². The Morgan fingerprint density at radius 2 is 2.06 bits per heavy atom. The standard InChI is InChI=1S/C29H45BrO3/c1-20-10-13-24(33-27(31)19-30)18-23(20)12-11-22-9-7-17-29(5)25(14-15-26(22)29)21(2)8-6-16-28(3,4)32/h11-12,21,24-26,32H,1,6-10,13-19H2,2-5H3/b22-11-,23-12-/t21-,24-,25-,26+,29-/m1/s1. The highest BCUT2D eigenvalue weighted by Gasteiger charge is 2.50. The fourth-order valence-corrected chi connectivity index (χ4v) is 7.10. The van der Waals surface area contributed by atoms with Gasteiger partial charge in [0, 0.05) is 6.42 Å². The predicted octanol–water partition coefficient (Wildman–Crippen LogP) is 7.68. The van der Waals surface area contributed by atoms with E-state index in [-0.39, 0.29) is 17.4 Å². The van der Waals surface area contributed by atoms with Crippen molar-refractivity contribution in [2.24, 2.45) is 23.2 Å². The highest BCUT2D eigenvalue weighted by atomic mass is 79.9. The molecular formula is C29H45BrO3. The Bertz CT molecular complexity index is 774. The molecule has 0 amide bonds. The van der Waals surface area contributed by atoms with Crippen molar-refractivity contribution >= 4 is 21.9 Å². The molecule has 3 saturated carbocycles. The van der Waals surface area contributed by atoms with Crippen molar-refractivity contribution < 1.29 is 14.6 Å². The van der Waals surface area contributed by atoms with Gasteiger partial charge in [0.05, 0.1) is 5.60 Å². The van der Waals surface area contributed by atoms with Gasteiger partial charge in [-0.3, -0.25) is 4.79 Å². The van der Waals surface area contributed by atoms with Crippen LogP contribution < -0.4 is 0 Å². The monoisotopic (exact) mass is 520 g/mol. The zero-order valence-electron chi connectivity index (χ0n) is 21.3. The summed E-state index contributed by atoms with van der Waals surface area (Å²) < 4.78 is 5.59. The molecule has 186 valence electrons. The number of carbonyl (C=O) groups excluding carboxylic acids is 1. The number of hydrogen-bond donors (Lipinski definition) is 1. The first-order chi connectivity index (χ1) is 15.5. The molecule has 3 fully saturated rings. The molecule has 0 spiro atoms. The highest BCUT2D eigenvalue weighted by Crippen LogP contribution is 2.60. The first-order valence-corrected chi connectivity index (χ1v) is 14.2. The number of aliphatic hydroxyl groups is 1. The topological polar surface area (TPSA) is 46.5 Å². The molecule has 0 aromatic rings. The molecule has 1 N–H and O–H groups in total. The summed E-state index contributed by atoms with van der Waals surface area (Å²) in [7, 11) is 0. The van der Waals surface area contributed by atoms with Crippen LogP contribution in [-0.4, -0.2) is 28.1 Å². The van der Waals surface area contributed by atoms with E-state index in [9.17, 15) is 9.90 Å². The molecule has 0 aromatic carbocycles. The second-order valence-electron chi connectivity index (χ2n) is 11.8. The molecule has 3 rings (SSSR count). The third-order valence-electron chi connectivity index (χ3n) is 8.75. The number of allylic oxidation sites excluding steroid dienone is 4. The van der Waals surface area contributed by atoms with Gasteiger partial charge in [-0.15, -0.1) is 0 Å². The lowest BCUT2D eigenvalue weighted by Gasteiger charge is -2.44. The Balaban J connectivity index is 1.67. The summed E-state index contributed by atoms with van der Waals surface area (Å²) in [5.74, 6) is 1.99. The van der Waals surface area contributed by atoms with Gasteiger partial charge in [0.2, 0.25) is 0 Å². The molecule has 3 nitrogen and oxygen atoms in total. The number of carbonyl (C=O) groups is 1. The maximum atomic E-state index is 11.7. The first-order valence-electron chi connectivity index (χ1n) is 13.1. The summed E-state index contributed by atoms with van der Waals surface area (Å²) in [4.78, 5) is 11.7.